The molecule has 20 heavy (non-hydrogen) atoms. The third-order valence-electron chi connectivity index (χ3n) is 2.52. The fourth-order valence-electron chi connectivity index (χ4n) is 1.50. The molecule has 0 atom stereocenters. The van der Waals surface area contributed by atoms with E-state index >= 15 is 0 Å². The van der Waals surface area contributed by atoms with Crippen LogP contribution in [0.25, 0.3) is 0 Å². The van der Waals surface area contributed by atoms with Crippen molar-refractivity contribution in [3.05, 3.63) is 27.2 Å². The Morgan fingerprint density at radius 2 is 1.80 bits per heavy atom. The molecule has 0 fully saturated rings. The van der Waals surface area contributed by atoms with Crippen LogP contribution in [0.5, 0.6) is 0 Å². The molecular formula is C13H15Cl3N2OS. The summed E-state index contributed by atoms with van der Waals surface area (Å²) in [6, 6.07) is 3.07. The van der Waals surface area contributed by atoms with Crippen LogP contribution in [0.2, 0.25) is 15.1 Å². The highest BCUT2D eigenvalue weighted by Crippen LogP contribution is 2.32. The minimum atomic E-state index is -0.118. The first-order valence-corrected chi connectivity index (χ1v) is 7.73. The van der Waals surface area contributed by atoms with Gasteiger partial charge in [0.1, 0.15) is 0 Å². The van der Waals surface area contributed by atoms with Gasteiger partial charge in [-0.1, -0.05) is 54.6 Å². The number of anilines is 1. The first-order valence-electron chi connectivity index (χ1n) is 6.19. The highest BCUT2D eigenvalue weighted by Gasteiger charge is 2.09. The van der Waals surface area contributed by atoms with Gasteiger partial charge in [0.05, 0.1) is 20.8 Å². The van der Waals surface area contributed by atoms with Gasteiger partial charge in [0.15, 0.2) is 5.11 Å². The Balaban J connectivity index is 2.54. The number of benzene rings is 1. The van der Waals surface area contributed by atoms with Gasteiger partial charge in [-0.3, -0.25) is 4.79 Å². The lowest BCUT2D eigenvalue weighted by atomic mass is 10.2. The van der Waals surface area contributed by atoms with Gasteiger partial charge in [-0.2, -0.15) is 0 Å². The number of carbonyl (C=O) groups excluding carboxylic acids is 1. The van der Waals surface area contributed by atoms with E-state index in [1.54, 1.807) is 6.07 Å². The van der Waals surface area contributed by atoms with Gasteiger partial charge in [0.25, 0.3) is 0 Å². The Bertz CT molecular complexity index is 509. The van der Waals surface area contributed by atoms with Crippen LogP contribution < -0.4 is 10.6 Å². The summed E-state index contributed by atoms with van der Waals surface area (Å²) in [6.45, 7) is 2.08. The van der Waals surface area contributed by atoms with Crippen LogP contribution in [0.3, 0.4) is 0 Å². The second-order valence-corrected chi connectivity index (χ2v) is 5.84. The molecule has 1 aromatic rings. The third kappa shape index (κ3) is 5.83. The summed E-state index contributed by atoms with van der Waals surface area (Å²) in [5.41, 5.74) is 0.500. The second kappa shape index (κ2) is 8.67. The van der Waals surface area contributed by atoms with Crippen molar-refractivity contribution in [1.82, 2.24) is 5.32 Å². The first-order chi connectivity index (χ1) is 9.43. The van der Waals surface area contributed by atoms with Gasteiger partial charge < -0.3 is 10.6 Å². The number of carbonyl (C=O) groups is 1. The lowest BCUT2D eigenvalue weighted by Gasteiger charge is -2.11. The molecule has 1 rings (SSSR count). The van der Waals surface area contributed by atoms with Crippen LogP contribution in [0, 0.1) is 0 Å². The summed E-state index contributed by atoms with van der Waals surface area (Å²) in [5, 5.41) is 6.70. The Labute approximate surface area is 139 Å². The van der Waals surface area contributed by atoms with E-state index in [-0.39, 0.29) is 11.0 Å². The summed E-state index contributed by atoms with van der Waals surface area (Å²) in [4.78, 5) is 11.6. The molecule has 0 aliphatic carbocycles. The molecule has 0 spiro atoms. The Morgan fingerprint density at radius 1 is 1.15 bits per heavy atom. The lowest BCUT2D eigenvalue weighted by molar-refractivity contribution is -0.119. The minimum absolute atomic E-state index is 0.118. The van der Waals surface area contributed by atoms with E-state index in [1.165, 1.54) is 6.07 Å². The second-order valence-electron chi connectivity index (χ2n) is 4.21. The quantitative estimate of drug-likeness (QED) is 0.442. The fourth-order valence-corrected chi connectivity index (χ4v) is 2.31. The van der Waals surface area contributed by atoms with Crippen molar-refractivity contribution in [2.24, 2.45) is 0 Å². The van der Waals surface area contributed by atoms with Gasteiger partial charge in [-0.25, -0.2) is 0 Å². The van der Waals surface area contributed by atoms with Crippen molar-refractivity contribution >= 4 is 63.7 Å². The third-order valence-corrected chi connectivity index (χ3v) is 3.76. The maximum atomic E-state index is 11.6. The molecule has 3 nitrogen and oxygen atoms in total. The first kappa shape index (κ1) is 17.5. The van der Waals surface area contributed by atoms with Gasteiger partial charge >= 0.3 is 0 Å². The Kier molecular flexibility index (Phi) is 7.59. The number of nitrogens with one attached hydrogen (secondary N) is 2. The summed E-state index contributed by atoms with van der Waals surface area (Å²) >= 11 is 22.8. The average Bonchev–Trinajstić information content (AvgIpc) is 2.36. The highest BCUT2D eigenvalue weighted by molar-refractivity contribution is 7.80. The molecule has 0 saturated carbocycles. The number of halogens is 3. The zero-order valence-electron chi connectivity index (χ0n) is 10.9. The van der Waals surface area contributed by atoms with E-state index in [0.29, 0.717) is 27.2 Å². The molecule has 0 saturated heterocycles. The van der Waals surface area contributed by atoms with E-state index in [0.717, 1.165) is 19.3 Å². The lowest BCUT2D eigenvalue weighted by Crippen LogP contribution is -2.34. The zero-order chi connectivity index (χ0) is 15.1. The molecular weight excluding hydrogens is 339 g/mol. The van der Waals surface area contributed by atoms with Crippen molar-refractivity contribution in [2.45, 2.75) is 32.6 Å². The number of amides is 1. The fraction of sp³-hybridized carbons (Fsp3) is 0.385. The van der Waals surface area contributed by atoms with E-state index in [1.807, 2.05) is 0 Å². The van der Waals surface area contributed by atoms with Crippen molar-refractivity contribution in [1.29, 1.82) is 0 Å². The van der Waals surface area contributed by atoms with Crippen molar-refractivity contribution in [3.63, 3.8) is 0 Å². The molecule has 110 valence electrons. The molecule has 1 aromatic carbocycles. The molecule has 0 radical (unpaired) electrons. The monoisotopic (exact) mass is 352 g/mol. The normalized spacial score (nSPS) is 10.2. The van der Waals surface area contributed by atoms with E-state index in [2.05, 4.69) is 17.6 Å². The standard InChI is InChI=1S/C13H15Cl3N2OS/c1-2-3-4-5-12(19)18-13(20)17-11-7-9(15)8(14)6-10(11)16/h6-7H,2-5H2,1H3,(H2,17,18,19,20). The molecule has 0 aliphatic rings. The molecule has 0 aromatic heterocycles. The molecule has 7 heteroatoms. The predicted octanol–water partition coefficient (Wildman–Crippen LogP) is 5.04. The van der Waals surface area contributed by atoms with E-state index in [4.69, 9.17) is 47.0 Å². The van der Waals surface area contributed by atoms with Crippen LogP contribution in [0.1, 0.15) is 32.6 Å². The van der Waals surface area contributed by atoms with E-state index < -0.39 is 0 Å². The topological polar surface area (TPSA) is 41.1 Å². The van der Waals surface area contributed by atoms with Crippen LogP contribution in [0.4, 0.5) is 5.69 Å². The molecule has 0 aliphatic heterocycles. The average molecular weight is 354 g/mol. The molecule has 0 bridgehead atoms. The number of thiocarbonyl (C=S) groups is 1. The maximum Gasteiger partial charge on any atom is 0.226 e. The Hall–Kier alpha value is -0.550. The van der Waals surface area contributed by atoms with Crippen LogP contribution in [0.15, 0.2) is 12.1 Å². The van der Waals surface area contributed by atoms with Crippen molar-refractivity contribution in [3.8, 4) is 0 Å². The minimum Gasteiger partial charge on any atom is -0.331 e. The highest BCUT2D eigenvalue weighted by atomic mass is 35.5. The van der Waals surface area contributed by atoms with Gasteiger partial charge in [-0.05, 0) is 30.8 Å². The summed E-state index contributed by atoms with van der Waals surface area (Å²) in [6.07, 6.45) is 3.38. The SMILES string of the molecule is CCCCCC(=O)NC(=S)Nc1cc(Cl)c(Cl)cc1Cl. The van der Waals surface area contributed by atoms with Crippen LogP contribution in [-0.2, 0) is 4.79 Å². The Morgan fingerprint density at radius 3 is 2.45 bits per heavy atom. The number of rotatable bonds is 5. The summed E-state index contributed by atoms with van der Waals surface area (Å²) in [7, 11) is 0. The summed E-state index contributed by atoms with van der Waals surface area (Å²) in [5.74, 6) is -0.118. The zero-order valence-corrected chi connectivity index (χ0v) is 14.0. The smallest absolute Gasteiger partial charge is 0.226 e. The maximum absolute atomic E-state index is 11.6. The molecule has 0 heterocycles. The summed E-state index contributed by atoms with van der Waals surface area (Å²) < 4.78 is 0. The number of hydrogen-bond donors (Lipinski definition) is 2. The van der Waals surface area contributed by atoms with Gasteiger partial charge in [-0.15, -0.1) is 0 Å². The van der Waals surface area contributed by atoms with Crippen LogP contribution >= 0.6 is 47.0 Å². The van der Waals surface area contributed by atoms with Crippen molar-refractivity contribution < 1.29 is 4.79 Å². The number of hydrogen-bond acceptors (Lipinski definition) is 2. The molecule has 2 N–H and O–H groups in total. The van der Waals surface area contributed by atoms with Crippen molar-refractivity contribution in [2.75, 3.05) is 5.32 Å². The largest absolute Gasteiger partial charge is 0.331 e. The predicted molar refractivity (Wildman–Crippen MR) is 90.0 cm³/mol. The van der Waals surface area contributed by atoms with Gasteiger partial charge in [0, 0.05) is 6.42 Å². The van der Waals surface area contributed by atoms with Gasteiger partial charge in [0.2, 0.25) is 5.91 Å². The van der Waals surface area contributed by atoms with E-state index in [9.17, 15) is 4.79 Å². The molecule has 0 unspecified atom stereocenters. The molecule has 1 amide bonds. The van der Waals surface area contributed by atoms with Crippen LogP contribution in [-0.4, -0.2) is 11.0 Å². The number of unbranched alkanes of at least 4 members (excludes halogenated alkanes) is 2.